The van der Waals surface area contributed by atoms with Gasteiger partial charge in [0.25, 0.3) is 0 Å². The molecular formula is C17H26N2O2. The fourth-order valence-electron chi connectivity index (χ4n) is 2.79. The minimum Gasteiger partial charge on any atom is -0.462 e. The van der Waals surface area contributed by atoms with Crippen molar-refractivity contribution in [3.05, 3.63) is 28.6 Å². The SMILES string of the molecule is CCCc1nc2c(cc1C(=O)OCC)CN(C(C)C)CC2. The van der Waals surface area contributed by atoms with Crippen LogP contribution in [0.1, 0.15) is 61.4 Å². The van der Waals surface area contributed by atoms with Crippen LogP contribution >= 0.6 is 0 Å². The molecule has 1 aliphatic heterocycles. The Balaban J connectivity index is 2.35. The van der Waals surface area contributed by atoms with Gasteiger partial charge in [-0.25, -0.2) is 4.79 Å². The normalized spacial score (nSPS) is 15.1. The fraction of sp³-hybridized carbons (Fsp3) is 0.647. The Morgan fingerprint density at radius 2 is 2.19 bits per heavy atom. The first-order valence-corrected chi connectivity index (χ1v) is 7.99. The van der Waals surface area contributed by atoms with E-state index in [9.17, 15) is 4.79 Å². The highest BCUT2D eigenvalue weighted by molar-refractivity contribution is 5.91. The number of pyridine rings is 1. The molecule has 1 aromatic rings. The van der Waals surface area contributed by atoms with Gasteiger partial charge in [-0.05, 0) is 38.8 Å². The maximum Gasteiger partial charge on any atom is 0.339 e. The molecule has 0 amide bonds. The molecular weight excluding hydrogens is 264 g/mol. The lowest BCUT2D eigenvalue weighted by atomic mass is 9.99. The molecule has 4 nitrogen and oxygen atoms in total. The molecule has 0 saturated heterocycles. The standard InChI is InChI=1S/C17H26N2O2/c1-5-7-16-14(17(20)21-6-2)10-13-11-19(12(3)4)9-8-15(13)18-16/h10,12H,5-9,11H2,1-4H3. The third-order valence-electron chi connectivity index (χ3n) is 3.99. The molecule has 116 valence electrons. The number of nitrogens with zero attached hydrogens (tertiary/aromatic N) is 2. The van der Waals surface area contributed by atoms with Gasteiger partial charge < -0.3 is 4.74 Å². The maximum absolute atomic E-state index is 12.2. The zero-order chi connectivity index (χ0) is 15.4. The quantitative estimate of drug-likeness (QED) is 0.782. The van der Waals surface area contributed by atoms with Crippen LogP contribution in [0.25, 0.3) is 0 Å². The van der Waals surface area contributed by atoms with Crippen LogP contribution in [-0.2, 0) is 24.1 Å². The first kappa shape index (κ1) is 16.0. The molecule has 0 N–H and O–H groups in total. The summed E-state index contributed by atoms with van der Waals surface area (Å²) >= 11 is 0. The van der Waals surface area contributed by atoms with E-state index in [0.29, 0.717) is 18.2 Å². The van der Waals surface area contributed by atoms with Crippen LogP contribution in [0, 0.1) is 0 Å². The highest BCUT2D eigenvalue weighted by Gasteiger charge is 2.23. The summed E-state index contributed by atoms with van der Waals surface area (Å²) in [7, 11) is 0. The van der Waals surface area contributed by atoms with Crippen molar-refractivity contribution in [3.63, 3.8) is 0 Å². The Hall–Kier alpha value is -1.42. The molecule has 2 rings (SSSR count). The van der Waals surface area contributed by atoms with Crippen LogP contribution in [0.2, 0.25) is 0 Å². The lowest BCUT2D eigenvalue weighted by Crippen LogP contribution is -2.36. The van der Waals surface area contributed by atoms with E-state index < -0.39 is 0 Å². The molecule has 1 aliphatic rings. The van der Waals surface area contributed by atoms with Gasteiger partial charge in [-0.3, -0.25) is 9.88 Å². The summed E-state index contributed by atoms with van der Waals surface area (Å²) in [4.78, 5) is 19.4. The summed E-state index contributed by atoms with van der Waals surface area (Å²) in [5.41, 5.74) is 3.89. The molecule has 1 aromatic heterocycles. The van der Waals surface area contributed by atoms with Crippen molar-refractivity contribution >= 4 is 5.97 Å². The van der Waals surface area contributed by atoms with Gasteiger partial charge in [0.05, 0.1) is 17.9 Å². The van der Waals surface area contributed by atoms with E-state index >= 15 is 0 Å². The molecule has 0 bridgehead atoms. The van der Waals surface area contributed by atoms with Gasteiger partial charge in [0.15, 0.2) is 0 Å². The van der Waals surface area contributed by atoms with Gasteiger partial charge in [-0.2, -0.15) is 0 Å². The van der Waals surface area contributed by atoms with Crippen molar-refractivity contribution in [2.45, 2.75) is 59.5 Å². The van der Waals surface area contributed by atoms with Crippen molar-refractivity contribution in [1.82, 2.24) is 9.88 Å². The second-order valence-electron chi connectivity index (χ2n) is 5.87. The number of rotatable bonds is 5. The third-order valence-corrected chi connectivity index (χ3v) is 3.99. The monoisotopic (exact) mass is 290 g/mol. The molecule has 0 saturated carbocycles. The van der Waals surface area contributed by atoms with E-state index in [-0.39, 0.29) is 5.97 Å². The topological polar surface area (TPSA) is 42.4 Å². The highest BCUT2D eigenvalue weighted by Crippen LogP contribution is 2.23. The van der Waals surface area contributed by atoms with Crippen LogP contribution in [0.3, 0.4) is 0 Å². The van der Waals surface area contributed by atoms with Crippen molar-refractivity contribution < 1.29 is 9.53 Å². The molecule has 0 unspecified atom stereocenters. The molecule has 0 aliphatic carbocycles. The molecule has 2 heterocycles. The predicted molar refractivity (Wildman–Crippen MR) is 83.4 cm³/mol. The maximum atomic E-state index is 12.2. The van der Waals surface area contributed by atoms with Crippen molar-refractivity contribution in [2.24, 2.45) is 0 Å². The van der Waals surface area contributed by atoms with Gasteiger partial charge in [-0.1, -0.05) is 13.3 Å². The van der Waals surface area contributed by atoms with E-state index in [0.717, 1.165) is 43.7 Å². The lowest BCUT2D eigenvalue weighted by molar-refractivity contribution is 0.0524. The summed E-state index contributed by atoms with van der Waals surface area (Å²) in [6.45, 7) is 10.7. The minimum atomic E-state index is -0.238. The fourth-order valence-corrected chi connectivity index (χ4v) is 2.79. The zero-order valence-electron chi connectivity index (χ0n) is 13.6. The van der Waals surface area contributed by atoms with Gasteiger partial charge in [0.1, 0.15) is 0 Å². The van der Waals surface area contributed by atoms with Crippen LogP contribution < -0.4 is 0 Å². The number of aromatic nitrogens is 1. The number of carbonyl (C=O) groups is 1. The molecule has 21 heavy (non-hydrogen) atoms. The number of hydrogen-bond acceptors (Lipinski definition) is 4. The Kier molecular flexibility index (Phi) is 5.34. The Bertz CT molecular complexity index is 512. The number of carbonyl (C=O) groups excluding carboxylic acids is 1. The van der Waals surface area contributed by atoms with Crippen molar-refractivity contribution in [1.29, 1.82) is 0 Å². The first-order chi connectivity index (χ1) is 10.1. The van der Waals surface area contributed by atoms with E-state index in [4.69, 9.17) is 9.72 Å². The molecule has 4 heteroatoms. The van der Waals surface area contributed by atoms with Gasteiger partial charge >= 0.3 is 5.97 Å². The molecule has 0 aromatic carbocycles. The van der Waals surface area contributed by atoms with E-state index in [1.54, 1.807) is 0 Å². The number of hydrogen-bond donors (Lipinski definition) is 0. The second-order valence-corrected chi connectivity index (χ2v) is 5.87. The minimum absolute atomic E-state index is 0.238. The Labute approximate surface area is 127 Å². The summed E-state index contributed by atoms with van der Waals surface area (Å²) in [6.07, 6.45) is 2.78. The summed E-state index contributed by atoms with van der Waals surface area (Å²) in [6, 6.07) is 2.53. The number of fused-ring (bicyclic) bond motifs is 1. The zero-order valence-corrected chi connectivity index (χ0v) is 13.6. The third kappa shape index (κ3) is 3.62. The summed E-state index contributed by atoms with van der Waals surface area (Å²) in [5, 5.41) is 0. The lowest BCUT2D eigenvalue weighted by Gasteiger charge is -2.31. The van der Waals surface area contributed by atoms with E-state index in [1.165, 1.54) is 5.56 Å². The van der Waals surface area contributed by atoms with Crippen LogP contribution in [-0.4, -0.2) is 35.0 Å². The molecule has 0 spiro atoms. The van der Waals surface area contributed by atoms with Crippen LogP contribution in [0.15, 0.2) is 6.07 Å². The highest BCUT2D eigenvalue weighted by atomic mass is 16.5. The second kappa shape index (κ2) is 7.03. The van der Waals surface area contributed by atoms with Gasteiger partial charge in [-0.15, -0.1) is 0 Å². The molecule has 0 fully saturated rings. The first-order valence-electron chi connectivity index (χ1n) is 7.99. The van der Waals surface area contributed by atoms with E-state index in [2.05, 4.69) is 25.7 Å². The predicted octanol–water partition coefficient (Wildman–Crippen LogP) is 2.98. The average molecular weight is 290 g/mol. The largest absolute Gasteiger partial charge is 0.462 e. The average Bonchev–Trinajstić information content (AvgIpc) is 2.46. The van der Waals surface area contributed by atoms with Crippen LogP contribution in [0.4, 0.5) is 0 Å². The van der Waals surface area contributed by atoms with Crippen LogP contribution in [0.5, 0.6) is 0 Å². The molecule has 0 radical (unpaired) electrons. The number of aryl methyl sites for hydroxylation is 1. The van der Waals surface area contributed by atoms with Gasteiger partial charge in [0, 0.05) is 31.2 Å². The molecule has 0 atom stereocenters. The number of ether oxygens (including phenoxy) is 1. The summed E-state index contributed by atoms with van der Waals surface area (Å²) in [5.74, 6) is -0.238. The van der Waals surface area contributed by atoms with E-state index in [1.807, 2.05) is 13.0 Å². The summed E-state index contributed by atoms with van der Waals surface area (Å²) < 4.78 is 5.19. The van der Waals surface area contributed by atoms with Crippen molar-refractivity contribution in [3.8, 4) is 0 Å². The smallest absolute Gasteiger partial charge is 0.339 e. The van der Waals surface area contributed by atoms with Gasteiger partial charge in [0.2, 0.25) is 0 Å². The Morgan fingerprint density at radius 3 is 2.81 bits per heavy atom. The van der Waals surface area contributed by atoms with Crippen molar-refractivity contribution in [2.75, 3.05) is 13.2 Å². The Morgan fingerprint density at radius 1 is 1.43 bits per heavy atom. The number of esters is 1.